The Labute approximate surface area is 118 Å². The highest BCUT2D eigenvalue weighted by Gasteiger charge is 2.48. The van der Waals surface area contributed by atoms with Gasteiger partial charge in [-0.05, 0) is 24.8 Å². The number of hydrogen-bond donors (Lipinski definition) is 0. The highest BCUT2D eigenvalue weighted by atomic mass is 32.2. The number of sulfonamides is 1. The van der Waals surface area contributed by atoms with E-state index in [1.807, 2.05) is 6.07 Å². The summed E-state index contributed by atoms with van der Waals surface area (Å²) in [6.45, 7) is 0. The molecule has 0 aromatic heterocycles. The van der Waals surface area contributed by atoms with Crippen molar-refractivity contribution in [2.24, 2.45) is 0 Å². The first kappa shape index (κ1) is 13.4. The maximum atomic E-state index is 12.5. The molecule has 20 heavy (non-hydrogen) atoms. The monoisotopic (exact) mass is 295 g/mol. The number of hydrogen-bond acceptors (Lipinski definition) is 4. The van der Waals surface area contributed by atoms with Gasteiger partial charge in [0.15, 0.2) is 0 Å². The minimum absolute atomic E-state index is 0.161. The summed E-state index contributed by atoms with van der Waals surface area (Å²) in [7, 11) is -3.67. The average molecular weight is 295 g/mol. The molecule has 2 aliphatic rings. The molecule has 1 amide bonds. The predicted octanol–water partition coefficient (Wildman–Crippen LogP) is 2.28. The second kappa shape index (κ2) is 5.09. The van der Waals surface area contributed by atoms with Gasteiger partial charge in [0, 0.05) is 0 Å². The lowest BCUT2D eigenvalue weighted by Crippen LogP contribution is -2.42. The van der Waals surface area contributed by atoms with Crippen LogP contribution >= 0.6 is 0 Å². The van der Waals surface area contributed by atoms with Crippen molar-refractivity contribution in [2.45, 2.75) is 43.6 Å². The highest BCUT2D eigenvalue weighted by Crippen LogP contribution is 2.34. The zero-order valence-electron chi connectivity index (χ0n) is 11.1. The van der Waals surface area contributed by atoms with Gasteiger partial charge in [-0.1, -0.05) is 36.8 Å². The van der Waals surface area contributed by atoms with Crippen LogP contribution in [-0.2, 0) is 20.5 Å². The molecule has 2 unspecified atom stereocenters. The Hall–Kier alpha value is -1.56. The molecule has 1 aromatic rings. The summed E-state index contributed by atoms with van der Waals surface area (Å²) >= 11 is 0. The third-order valence-corrected chi connectivity index (χ3v) is 5.61. The second-order valence-electron chi connectivity index (χ2n) is 5.31. The third kappa shape index (κ3) is 2.40. The number of benzene rings is 1. The van der Waals surface area contributed by atoms with Crippen LogP contribution in [0, 0.1) is 0 Å². The predicted molar refractivity (Wildman–Crippen MR) is 73.4 cm³/mol. The van der Waals surface area contributed by atoms with Crippen LogP contribution in [0.5, 0.6) is 0 Å². The summed E-state index contributed by atoms with van der Waals surface area (Å²) in [6.07, 6.45) is 2.41. The molecular weight excluding hydrogens is 278 g/mol. The lowest BCUT2D eigenvalue weighted by molar-refractivity contribution is 0.113. The van der Waals surface area contributed by atoms with Crippen molar-refractivity contribution in [3.05, 3.63) is 35.9 Å². The van der Waals surface area contributed by atoms with E-state index in [2.05, 4.69) is 0 Å². The summed E-state index contributed by atoms with van der Waals surface area (Å²) in [6, 6.07) is 8.59. The molecule has 1 aliphatic heterocycles. The maximum Gasteiger partial charge on any atom is 0.424 e. The Balaban J connectivity index is 1.85. The number of nitrogens with zero attached hydrogens (tertiary/aromatic N) is 1. The van der Waals surface area contributed by atoms with E-state index >= 15 is 0 Å². The zero-order valence-corrected chi connectivity index (χ0v) is 11.9. The van der Waals surface area contributed by atoms with Gasteiger partial charge in [0.1, 0.15) is 6.10 Å². The molecule has 0 N–H and O–H groups in total. The Kier molecular flexibility index (Phi) is 3.41. The summed E-state index contributed by atoms with van der Waals surface area (Å²) in [5.41, 5.74) is 0.680. The van der Waals surface area contributed by atoms with Gasteiger partial charge in [0.2, 0.25) is 10.0 Å². The molecule has 1 saturated heterocycles. The van der Waals surface area contributed by atoms with Gasteiger partial charge >= 0.3 is 6.09 Å². The van der Waals surface area contributed by atoms with Crippen molar-refractivity contribution in [1.29, 1.82) is 0 Å². The van der Waals surface area contributed by atoms with Crippen molar-refractivity contribution in [3.8, 4) is 0 Å². The van der Waals surface area contributed by atoms with Crippen LogP contribution in [0.15, 0.2) is 30.3 Å². The highest BCUT2D eigenvalue weighted by molar-refractivity contribution is 7.88. The summed E-state index contributed by atoms with van der Waals surface area (Å²) in [5, 5.41) is 0. The van der Waals surface area contributed by atoms with Gasteiger partial charge in [0.05, 0.1) is 11.8 Å². The van der Waals surface area contributed by atoms with E-state index in [0.717, 1.165) is 23.6 Å². The fraction of sp³-hybridized carbons (Fsp3) is 0.500. The molecule has 1 aliphatic carbocycles. The number of ether oxygens (including phenoxy) is 1. The number of carbonyl (C=O) groups excluding carboxylic acids is 1. The van der Waals surface area contributed by atoms with Gasteiger partial charge < -0.3 is 4.74 Å². The van der Waals surface area contributed by atoms with Gasteiger partial charge in [-0.25, -0.2) is 13.2 Å². The molecule has 5 nitrogen and oxygen atoms in total. The molecule has 0 radical (unpaired) electrons. The van der Waals surface area contributed by atoms with E-state index in [0.29, 0.717) is 12.0 Å². The molecule has 1 saturated carbocycles. The van der Waals surface area contributed by atoms with E-state index in [4.69, 9.17) is 4.74 Å². The van der Waals surface area contributed by atoms with E-state index in [1.165, 1.54) is 0 Å². The smallest absolute Gasteiger partial charge is 0.424 e. The standard InChI is InChI=1S/C14H17NO4S/c16-14-15(12-8-4-5-9-13(12)19-14)20(17,18)10-11-6-2-1-3-7-11/h1-3,6-7,12-13H,4-5,8-10H2. The van der Waals surface area contributed by atoms with Crippen LogP contribution in [0.4, 0.5) is 4.79 Å². The van der Waals surface area contributed by atoms with Crippen LogP contribution in [0.25, 0.3) is 0 Å². The molecular formula is C14H17NO4S. The third-order valence-electron chi connectivity index (χ3n) is 3.89. The van der Waals surface area contributed by atoms with Crippen LogP contribution in [-0.4, -0.2) is 31.0 Å². The first-order valence-corrected chi connectivity index (χ1v) is 8.45. The van der Waals surface area contributed by atoms with Crippen molar-refractivity contribution >= 4 is 16.1 Å². The topological polar surface area (TPSA) is 63.7 Å². The summed E-state index contributed by atoms with van der Waals surface area (Å²) in [4.78, 5) is 11.9. The van der Waals surface area contributed by atoms with E-state index in [-0.39, 0.29) is 17.9 Å². The molecule has 6 heteroatoms. The van der Waals surface area contributed by atoms with Crippen molar-refractivity contribution in [2.75, 3.05) is 0 Å². The second-order valence-corrected chi connectivity index (χ2v) is 7.16. The van der Waals surface area contributed by atoms with Crippen LogP contribution in [0.2, 0.25) is 0 Å². The van der Waals surface area contributed by atoms with Crippen molar-refractivity contribution in [3.63, 3.8) is 0 Å². The lowest BCUT2D eigenvalue weighted by Gasteiger charge is -2.27. The molecule has 2 atom stereocenters. The SMILES string of the molecule is O=C1OC2CCCCC2N1S(=O)(=O)Cc1ccccc1. The summed E-state index contributed by atoms with van der Waals surface area (Å²) < 4.78 is 31.2. The number of rotatable bonds is 3. The molecule has 108 valence electrons. The quantitative estimate of drug-likeness (QED) is 0.858. The van der Waals surface area contributed by atoms with Crippen LogP contribution < -0.4 is 0 Å². The first-order valence-electron chi connectivity index (χ1n) is 6.84. The lowest BCUT2D eigenvalue weighted by atomic mass is 9.93. The number of carbonyl (C=O) groups is 1. The normalized spacial score (nSPS) is 26.2. The van der Waals surface area contributed by atoms with Crippen molar-refractivity contribution in [1.82, 2.24) is 4.31 Å². The van der Waals surface area contributed by atoms with Crippen LogP contribution in [0.1, 0.15) is 31.2 Å². The van der Waals surface area contributed by atoms with E-state index in [1.54, 1.807) is 24.3 Å². The minimum atomic E-state index is -3.67. The fourth-order valence-electron chi connectivity index (χ4n) is 2.97. The molecule has 0 spiro atoms. The Morgan fingerprint density at radius 1 is 1.15 bits per heavy atom. The number of amides is 1. The first-order chi connectivity index (χ1) is 9.58. The average Bonchev–Trinajstić information content (AvgIpc) is 2.75. The van der Waals surface area contributed by atoms with Gasteiger partial charge in [0.25, 0.3) is 0 Å². The Morgan fingerprint density at radius 3 is 2.60 bits per heavy atom. The summed E-state index contributed by atoms with van der Waals surface area (Å²) in [5.74, 6) is -0.161. The molecule has 1 heterocycles. The van der Waals surface area contributed by atoms with Crippen molar-refractivity contribution < 1.29 is 17.9 Å². The zero-order chi connectivity index (χ0) is 14.2. The Bertz CT molecular complexity index is 599. The van der Waals surface area contributed by atoms with Gasteiger partial charge in [-0.3, -0.25) is 0 Å². The molecule has 1 aromatic carbocycles. The minimum Gasteiger partial charge on any atom is -0.443 e. The van der Waals surface area contributed by atoms with E-state index in [9.17, 15) is 13.2 Å². The number of fused-ring (bicyclic) bond motifs is 1. The largest absolute Gasteiger partial charge is 0.443 e. The molecule has 0 bridgehead atoms. The Morgan fingerprint density at radius 2 is 1.85 bits per heavy atom. The van der Waals surface area contributed by atoms with E-state index < -0.39 is 16.1 Å². The molecule has 2 fully saturated rings. The van der Waals surface area contributed by atoms with Gasteiger partial charge in [-0.2, -0.15) is 4.31 Å². The van der Waals surface area contributed by atoms with Gasteiger partial charge in [-0.15, -0.1) is 0 Å². The fourth-order valence-corrected chi connectivity index (χ4v) is 4.65. The van der Waals surface area contributed by atoms with Crippen LogP contribution in [0.3, 0.4) is 0 Å². The molecule has 3 rings (SSSR count). The maximum absolute atomic E-state index is 12.5.